The second-order valence-electron chi connectivity index (χ2n) is 4.45. The molecule has 0 amide bonds. The first-order valence-corrected chi connectivity index (χ1v) is 5.96. The third-order valence-electron chi connectivity index (χ3n) is 2.75. The Labute approximate surface area is 118 Å². The van der Waals surface area contributed by atoms with Crippen LogP contribution in [0.4, 0.5) is 14.5 Å². The van der Waals surface area contributed by atoms with Gasteiger partial charge in [-0.25, -0.2) is 4.39 Å². The SMILES string of the molecule is CCNC(C)(COc1cc(F)c([N+](=O)[O-])cc1F)C(=O)O. The lowest BCUT2D eigenvalue weighted by Gasteiger charge is -2.25. The summed E-state index contributed by atoms with van der Waals surface area (Å²) < 4.78 is 31.9. The lowest BCUT2D eigenvalue weighted by molar-refractivity contribution is -0.387. The van der Waals surface area contributed by atoms with Crippen molar-refractivity contribution in [2.24, 2.45) is 0 Å². The van der Waals surface area contributed by atoms with Crippen LogP contribution in [-0.2, 0) is 4.79 Å². The zero-order valence-corrected chi connectivity index (χ0v) is 11.4. The maximum Gasteiger partial charge on any atom is 0.327 e. The van der Waals surface area contributed by atoms with Crippen molar-refractivity contribution in [3.8, 4) is 5.75 Å². The van der Waals surface area contributed by atoms with Gasteiger partial charge in [-0.3, -0.25) is 20.2 Å². The molecule has 1 unspecified atom stereocenters. The van der Waals surface area contributed by atoms with E-state index < -0.39 is 46.1 Å². The third-order valence-corrected chi connectivity index (χ3v) is 2.75. The van der Waals surface area contributed by atoms with Gasteiger partial charge < -0.3 is 9.84 Å². The van der Waals surface area contributed by atoms with Crippen molar-refractivity contribution in [1.29, 1.82) is 0 Å². The highest BCUT2D eigenvalue weighted by Gasteiger charge is 2.33. The number of nitro groups is 1. The highest BCUT2D eigenvalue weighted by atomic mass is 19.1. The number of benzene rings is 1. The molecule has 0 radical (unpaired) electrons. The van der Waals surface area contributed by atoms with E-state index in [0.717, 1.165) is 0 Å². The first kappa shape index (κ1) is 16.8. The summed E-state index contributed by atoms with van der Waals surface area (Å²) in [5.74, 6) is -4.24. The molecule has 0 bridgehead atoms. The number of carboxylic acid groups (broad SMARTS) is 1. The fourth-order valence-electron chi connectivity index (χ4n) is 1.57. The number of carbonyl (C=O) groups is 1. The molecule has 1 rings (SSSR count). The van der Waals surface area contributed by atoms with E-state index in [4.69, 9.17) is 9.84 Å². The lowest BCUT2D eigenvalue weighted by Crippen LogP contribution is -2.53. The second-order valence-corrected chi connectivity index (χ2v) is 4.45. The molecule has 0 saturated heterocycles. The highest BCUT2D eigenvalue weighted by Crippen LogP contribution is 2.27. The van der Waals surface area contributed by atoms with E-state index >= 15 is 0 Å². The Kier molecular flexibility index (Phi) is 5.14. The molecule has 0 aromatic heterocycles. The summed E-state index contributed by atoms with van der Waals surface area (Å²) in [6, 6.07) is 0.901. The standard InChI is InChI=1S/C12H14F2N2O5/c1-3-15-12(2,11(17)18)6-21-10-5-7(13)9(16(19)20)4-8(10)14/h4-5,15H,3,6H2,1-2H3,(H,17,18). The quantitative estimate of drug-likeness (QED) is 0.587. The van der Waals surface area contributed by atoms with Crippen LogP contribution in [0.5, 0.6) is 5.75 Å². The van der Waals surface area contributed by atoms with Crippen LogP contribution in [0.15, 0.2) is 12.1 Å². The minimum Gasteiger partial charge on any atom is -0.488 e. The van der Waals surface area contributed by atoms with Gasteiger partial charge in [0.1, 0.15) is 12.1 Å². The van der Waals surface area contributed by atoms with Crippen molar-refractivity contribution in [2.75, 3.05) is 13.2 Å². The average molecular weight is 304 g/mol. The van der Waals surface area contributed by atoms with Crippen molar-refractivity contribution in [3.05, 3.63) is 33.9 Å². The number of hydrogen-bond acceptors (Lipinski definition) is 5. The molecule has 0 fully saturated rings. The molecular formula is C12H14F2N2O5. The van der Waals surface area contributed by atoms with Crippen LogP contribution in [-0.4, -0.2) is 34.7 Å². The number of nitro benzene ring substituents is 1. The molecule has 2 N–H and O–H groups in total. The van der Waals surface area contributed by atoms with E-state index in [9.17, 15) is 23.7 Å². The fraction of sp³-hybridized carbons (Fsp3) is 0.417. The van der Waals surface area contributed by atoms with Crippen molar-refractivity contribution >= 4 is 11.7 Å². The minimum absolute atomic E-state index is 0.323. The van der Waals surface area contributed by atoms with Gasteiger partial charge in [-0.1, -0.05) is 6.92 Å². The van der Waals surface area contributed by atoms with Gasteiger partial charge in [0.15, 0.2) is 11.6 Å². The van der Waals surface area contributed by atoms with E-state index in [0.29, 0.717) is 18.7 Å². The predicted molar refractivity (Wildman–Crippen MR) is 68.2 cm³/mol. The van der Waals surface area contributed by atoms with E-state index in [1.807, 2.05) is 0 Å². The summed E-state index contributed by atoms with van der Waals surface area (Å²) in [5.41, 5.74) is -2.52. The summed E-state index contributed by atoms with van der Waals surface area (Å²) in [6.45, 7) is 2.83. The van der Waals surface area contributed by atoms with Gasteiger partial charge in [-0.15, -0.1) is 0 Å². The molecule has 0 saturated carbocycles. The molecule has 21 heavy (non-hydrogen) atoms. The second kappa shape index (κ2) is 6.44. The van der Waals surface area contributed by atoms with Crippen molar-refractivity contribution in [3.63, 3.8) is 0 Å². The number of carboxylic acids is 1. The molecule has 7 nitrogen and oxygen atoms in total. The number of hydrogen-bond donors (Lipinski definition) is 2. The Morgan fingerprint density at radius 2 is 2.10 bits per heavy atom. The Morgan fingerprint density at radius 1 is 1.48 bits per heavy atom. The Bertz CT molecular complexity index is 567. The number of aliphatic carboxylic acids is 1. The first-order valence-electron chi connectivity index (χ1n) is 5.96. The molecule has 1 atom stereocenters. The van der Waals surface area contributed by atoms with E-state index in [2.05, 4.69) is 5.32 Å². The van der Waals surface area contributed by atoms with E-state index in [-0.39, 0.29) is 0 Å². The molecule has 0 aliphatic rings. The summed E-state index contributed by atoms with van der Waals surface area (Å²) in [5, 5.41) is 22.2. The lowest BCUT2D eigenvalue weighted by atomic mass is 10.0. The monoisotopic (exact) mass is 304 g/mol. The highest BCUT2D eigenvalue weighted by molar-refractivity contribution is 5.78. The molecule has 0 heterocycles. The van der Waals surface area contributed by atoms with Crippen molar-refractivity contribution < 1.29 is 28.3 Å². The largest absolute Gasteiger partial charge is 0.488 e. The van der Waals surface area contributed by atoms with Crippen LogP contribution in [0.1, 0.15) is 13.8 Å². The Morgan fingerprint density at radius 3 is 2.57 bits per heavy atom. The molecule has 0 aliphatic carbocycles. The molecule has 1 aromatic rings. The molecular weight excluding hydrogens is 290 g/mol. The van der Waals surface area contributed by atoms with Gasteiger partial charge in [-0.2, -0.15) is 4.39 Å². The Balaban J connectivity index is 2.96. The van der Waals surface area contributed by atoms with Crippen LogP contribution < -0.4 is 10.1 Å². The summed E-state index contributed by atoms with van der Waals surface area (Å²) in [7, 11) is 0. The zero-order chi connectivity index (χ0) is 16.2. The molecule has 116 valence electrons. The van der Waals surface area contributed by atoms with E-state index in [1.165, 1.54) is 6.92 Å². The number of nitrogens with zero attached hydrogens (tertiary/aromatic N) is 1. The van der Waals surface area contributed by atoms with Crippen LogP contribution in [0.2, 0.25) is 0 Å². The van der Waals surface area contributed by atoms with Gasteiger partial charge in [0.25, 0.3) is 0 Å². The topological polar surface area (TPSA) is 102 Å². The van der Waals surface area contributed by atoms with Gasteiger partial charge in [0, 0.05) is 6.07 Å². The van der Waals surface area contributed by atoms with Crippen LogP contribution in [0.3, 0.4) is 0 Å². The van der Waals surface area contributed by atoms with Crippen LogP contribution in [0.25, 0.3) is 0 Å². The van der Waals surface area contributed by atoms with Crippen LogP contribution in [0, 0.1) is 21.7 Å². The normalized spacial score (nSPS) is 13.5. The van der Waals surface area contributed by atoms with Crippen molar-refractivity contribution in [2.45, 2.75) is 19.4 Å². The zero-order valence-electron chi connectivity index (χ0n) is 11.4. The van der Waals surface area contributed by atoms with Gasteiger partial charge in [0.05, 0.1) is 11.0 Å². The maximum absolute atomic E-state index is 13.6. The average Bonchev–Trinajstić information content (AvgIpc) is 2.39. The molecule has 0 aliphatic heterocycles. The number of likely N-dealkylation sites (N-methyl/N-ethyl adjacent to an activating group) is 1. The minimum atomic E-state index is -1.50. The first-order chi connectivity index (χ1) is 9.71. The molecule has 1 aromatic carbocycles. The predicted octanol–water partition coefficient (Wildman–Crippen LogP) is 1.70. The fourth-order valence-corrected chi connectivity index (χ4v) is 1.57. The van der Waals surface area contributed by atoms with Gasteiger partial charge in [0.2, 0.25) is 5.82 Å². The maximum atomic E-state index is 13.6. The number of ether oxygens (including phenoxy) is 1. The number of halogens is 2. The van der Waals surface area contributed by atoms with Crippen LogP contribution >= 0.6 is 0 Å². The number of nitrogens with one attached hydrogen (secondary N) is 1. The third kappa shape index (κ3) is 3.85. The Hall–Kier alpha value is -2.29. The molecule has 0 spiro atoms. The number of rotatable bonds is 7. The summed E-state index contributed by atoms with van der Waals surface area (Å²) >= 11 is 0. The van der Waals surface area contributed by atoms with E-state index in [1.54, 1.807) is 6.92 Å². The smallest absolute Gasteiger partial charge is 0.327 e. The summed E-state index contributed by atoms with van der Waals surface area (Å²) in [4.78, 5) is 20.5. The summed E-state index contributed by atoms with van der Waals surface area (Å²) in [6.07, 6.45) is 0. The molecule has 9 heteroatoms. The van der Waals surface area contributed by atoms with Crippen molar-refractivity contribution in [1.82, 2.24) is 5.32 Å². The van der Waals surface area contributed by atoms with Gasteiger partial charge in [-0.05, 0) is 13.5 Å². The van der Waals surface area contributed by atoms with Gasteiger partial charge >= 0.3 is 11.7 Å².